The maximum atomic E-state index is 12.1. The lowest BCUT2D eigenvalue weighted by molar-refractivity contribution is -0.118. The maximum absolute atomic E-state index is 12.1. The van der Waals surface area contributed by atoms with Gasteiger partial charge in [0.05, 0.1) is 5.54 Å². The van der Waals surface area contributed by atoms with E-state index >= 15 is 0 Å². The summed E-state index contributed by atoms with van der Waals surface area (Å²) < 4.78 is 2.21. The van der Waals surface area contributed by atoms with Gasteiger partial charge < -0.3 is 15.6 Å². The summed E-state index contributed by atoms with van der Waals surface area (Å²) in [5.74, 6) is 1.84. The third-order valence-electron chi connectivity index (χ3n) is 4.73. The number of fused-ring (bicyclic) bond motifs is 1. The average Bonchev–Trinajstić information content (AvgIpc) is 3.25. The van der Waals surface area contributed by atoms with Gasteiger partial charge in [-0.25, -0.2) is 0 Å². The summed E-state index contributed by atoms with van der Waals surface area (Å²) >= 11 is 0. The van der Waals surface area contributed by atoms with E-state index in [0.29, 0.717) is 0 Å². The summed E-state index contributed by atoms with van der Waals surface area (Å²) in [6, 6.07) is 7.77. The topological polar surface area (TPSA) is 85.8 Å². The molecule has 0 saturated heterocycles. The Hall–Kier alpha value is -2.21. The second-order valence-electron chi connectivity index (χ2n) is 6.59. The Bertz CT molecular complexity index is 747. The smallest absolute Gasteiger partial charge is 0.244 e. The molecule has 120 valence electrons. The van der Waals surface area contributed by atoms with Crippen LogP contribution in [0.2, 0.25) is 0 Å². The molecular formula is C17H21N5O. The summed E-state index contributed by atoms with van der Waals surface area (Å²) in [7, 11) is 0. The monoisotopic (exact) mass is 311 g/mol. The zero-order valence-corrected chi connectivity index (χ0v) is 13.1. The molecule has 1 amide bonds. The normalized spacial score (nSPS) is 18.8. The number of amides is 1. The average molecular weight is 311 g/mol. The van der Waals surface area contributed by atoms with E-state index < -0.39 is 5.54 Å². The minimum Gasteiger partial charge on any atom is -0.324 e. The van der Waals surface area contributed by atoms with E-state index in [1.54, 1.807) is 0 Å². The molecular weight excluding hydrogens is 290 g/mol. The number of nitrogens with zero attached hydrogens (tertiary/aromatic N) is 3. The third-order valence-corrected chi connectivity index (χ3v) is 4.73. The number of carbonyl (C=O) groups excluding carboxylic acids is 1. The van der Waals surface area contributed by atoms with Gasteiger partial charge in [-0.2, -0.15) is 0 Å². The molecule has 0 bridgehead atoms. The van der Waals surface area contributed by atoms with E-state index in [9.17, 15) is 4.79 Å². The summed E-state index contributed by atoms with van der Waals surface area (Å²) in [6.07, 6.45) is 6.07. The van der Waals surface area contributed by atoms with Gasteiger partial charge in [0.15, 0.2) is 5.82 Å². The molecule has 2 aromatic rings. The largest absolute Gasteiger partial charge is 0.324 e. The zero-order chi connectivity index (χ0) is 15.9. The molecule has 23 heavy (non-hydrogen) atoms. The fourth-order valence-electron chi connectivity index (χ4n) is 3.05. The van der Waals surface area contributed by atoms with Crippen molar-refractivity contribution in [3.63, 3.8) is 0 Å². The molecule has 0 atom stereocenters. The second kappa shape index (κ2) is 5.45. The molecule has 2 aliphatic rings. The van der Waals surface area contributed by atoms with E-state index in [0.717, 1.165) is 55.1 Å². The lowest BCUT2D eigenvalue weighted by Gasteiger charge is -2.12. The number of carbonyl (C=O) groups is 1. The predicted molar refractivity (Wildman–Crippen MR) is 87.8 cm³/mol. The first-order valence-corrected chi connectivity index (χ1v) is 8.29. The summed E-state index contributed by atoms with van der Waals surface area (Å²) in [4.78, 5) is 12.1. The zero-order valence-electron chi connectivity index (χ0n) is 13.1. The van der Waals surface area contributed by atoms with E-state index in [4.69, 9.17) is 5.73 Å². The Kier molecular flexibility index (Phi) is 3.41. The molecule has 1 aliphatic carbocycles. The minimum absolute atomic E-state index is 0.102. The Morgan fingerprint density at radius 2 is 2.09 bits per heavy atom. The Labute approximate surface area is 135 Å². The fraction of sp³-hybridized carbons (Fsp3) is 0.471. The SMILES string of the molecule is NC1(C(=O)Nc2cccc(-c3nnc4n3CCCCC4)c2)CC1. The van der Waals surface area contributed by atoms with Crippen LogP contribution in [0.3, 0.4) is 0 Å². The highest BCUT2D eigenvalue weighted by Gasteiger charge is 2.45. The number of aryl methyl sites for hydroxylation is 1. The lowest BCUT2D eigenvalue weighted by Crippen LogP contribution is -2.37. The molecule has 6 heteroatoms. The molecule has 1 aliphatic heterocycles. The third kappa shape index (κ3) is 2.74. The Morgan fingerprint density at radius 3 is 2.91 bits per heavy atom. The number of hydrogen-bond donors (Lipinski definition) is 2. The van der Waals surface area contributed by atoms with Crippen molar-refractivity contribution in [2.24, 2.45) is 5.73 Å². The van der Waals surface area contributed by atoms with Crippen LogP contribution < -0.4 is 11.1 Å². The van der Waals surface area contributed by atoms with Crippen LogP contribution in [0.4, 0.5) is 5.69 Å². The number of nitrogens with two attached hydrogens (primary N) is 1. The van der Waals surface area contributed by atoms with Gasteiger partial charge in [-0.05, 0) is 37.8 Å². The van der Waals surface area contributed by atoms with Gasteiger partial charge in [-0.3, -0.25) is 4.79 Å². The van der Waals surface area contributed by atoms with Crippen LogP contribution in [0, 0.1) is 0 Å². The van der Waals surface area contributed by atoms with Gasteiger partial charge >= 0.3 is 0 Å². The number of benzene rings is 1. The number of rotatable bonds is 3. The van der Waals surface area contributed by atoms with Crippen molar-refractivity contribution < 1.29 is 4.79 Å². The van der Waals surface area contributed by atoms with Gasteiger partial charge in [0, 0.05) is 24.2 Å². The number of anilines is 1. The highest BCUT2D eigenvalue weighted by atomic mass is 16.2. The maximum Gasteiger partial charge on any atom is 0.244 e. The van der Waals surface area contributed by atoms with Crippen LogP contribution in [0.1, 0.15) is 37.9 Å². The Balaban J connectivity index is 1.61. The van der Waals surface area contributed by atoms with E-state index in [1.807, 2.05) is 24.3 Å². The predicted octanol–water partition coefficient (Wildman–Crippen LogP) is 2.10. The first-order valence-electron chi connectivity index (χ1n) is 8.29. The van der Waals surface area contributed by atoms with Crippen molar-refractivity contribution in [2.75, 3.05) is 5.32 Å². The van der Waals surface area contributed by atoms with Crippen molar-refractivity contribution in [1.82, 2.24) is 14.8 Å². The highest BCUT2D eigenvalue weighted by molar-refractivity contribution is 6.00. The van der Waals surface area contributed by atoms with Crippen molar-refractivity contribution in [1.29, 1.82) is 0 Å². The molecule has 1 aromatic carbocycles. The first-order chi connectivity index (χ1) is 11.2. The van der Waals surface area contributed by atoms with Crippen LogP contribution in [0.5, 0.6) is 0 Å². The molecule has 3 N–H and O–H groups in total. The Morgan fingerprint density at radius 1 is 1.22 bits per heavy atom. The molecule has 4 rings (SSSR count). The summed E-state index contributed by atoms with van der Waals surface area (Å²) in [5.41, 5.74) is 7.01. The van der Waals surface area contributed by atoms with Gasteiger partial charge in [-0.15, -0.1) is 10.2 Å². The van der Waals surface area contributed by atoms with Crippen LogP contribution in [-0.4, -0.2) is 26.2 Å². The second-order valence-corrected chi connectivity index (χ2v) is 6.59. The molecule has 6 nitrogen and oxygen atoms in total. The number of hydrogen-bond acceptors (Lipinski definition) is 4. The molecule has 2 heterocycles. The van der Waals surface area contributed by atoms with Gasteiger partial charge in [0.2, 0.25) is 5.91 Å². The molecule has 1 fully saturated rings. The van der Waals surface area contributed by atoms with Crippen molar-refractivity contribution in [2.45, 2.75) is 50.6 Å². The molecule has 0 radical (unpaired) electrons. The van der Waals surface area contributed by atoms with Gasteiger partial charge in [0.25, 0.3) is 0 Å². The van der Waals surface area contributed by atoms with E-state index in [2.05, 4.69) is 20.1 Å². The van der Waals surface area contributed by atoms with Gasteiger partial charge in [0.1, 0.15) is 5.82 Å². The molecule has 1 saturated carbocycles. The number of aromatic nitrogens is 3. The van der Waals surface area contributed by atoms with Crippen LogP contribution >= 0.6 is 0 Å². The molecule has 1 aromatic heterocycles. The summed E-state index contributed by atoms with van der Waals surface area (Å²) in [5, 5.41) is 11.6. The van der Waals surface area contributed by atoms with Crippen molar-refractivity contribution in [3.8, 4) is 11.4 Å². The quantitative estimate of drug-likeness (QED) is 0.909. The number of nitrogens with one attached hydrogen (secondary N) is 1. The van der Waals surface area contributed by atoms with Gasteiger partial charge in [-0.1, -0.05) is 18.6 Å². The van der Waals surface area contributed by atoms with Crippen molar-refractivity contribution in [3.05, 3.63) is 30.1 Å². The molecule has 0 spiro atoms. The molecule has 0 unspecified atom stereocenters. The van der Waals surface area contributed by atoms with E-state index in [-0.39, 0.29) is 5.91 Å². The van der Waals surface area contributed by atoms with E-state index in [1.165, 1.54) is 12.8 Å². The van der Waals surface area contributed by atoms with Crippen molar-refractivity contribution >= 4 is 11.6 Å². The highest BCUT2D eigenvalue weighted by Crippen LogP contribution is 2.33. The minimum atomic E-state index is -0.665. The fourth-order valence-corrected chi connectivity index (χ4v) is 3.05. The van der Waals surface area contributed by atoms with Crippen LogP contribution in [0.15, 0.2) is 24.3 Å². The van der Waals surface area contributed by atoms with Crippen LogP contribution in [-0.2, 0) is 17.8 Å². The standard InChI is InChI=1S/C17H21N5O/c18-17(8-9-17)16(23)19-13-6-4-5-12(11-13)15-21-20-14-7-2-1-3-10-22(14)15/h4-6,11H,1-3,7-10,18H2,(H,19,23). The van der Waals surface area contributed by atoms with Crippen LogP contribution in [0.25, 0.3) is 11.4 Å². The summed E-state index contributed by atoms with van der Waals surface area (Å²) in [6.45, 7) is 0.958. The first kappa shape index (κ1) is 14.4. The lowest BCUT2D eigenvalue weighted by atomic mass is 10.1.